The van der Waals surface area contributed by atoms with E-state index in [-0.39, 0.29) is 29.4 Å². The number of rotatable bonds is 9. The molecule has 0 saturated heterocycles. The number of ether oxygens (including phenoxy) is 2. The van der Waals surface area contributed by atoms with Crippen molar-refractivity contribution in [2.75, 3.05) is 11.9 Å². The molecule has 0 aliphatic heterocycles. The maximum Gasteiger partial charge on any atom is 0.318 e. The van der Waals surface area contributed by atoms with E-state index >= 15 is 0 Å². The first kappa shape index (κ1) is 26.7. The summed E-state index contributed by atoms with van der Waals surface area (Å²) in [5.74, 6) is -0.609. The summed E-state index contributed by atoms with van der Waals surface area (Å²) in [6, 6.07) is 14.3. The molecular weight excluding hydrogens is 504 g/mol. The van der Waals surface area contributed by atoms with Crippen LogP contribution in [0.3, 0.4) is 0 Å². The van der Waals surface area contributed by atoms with Gasteiger partial charge in [-0.2, -0.15) is 5.26 Å². The highest BCUT2D eigenvalue weighted by Crippen LogP contribution is 2.38. The van der Waals surface area contributed by atoms with E-state index in [1.165, 1.54) is 24.3 Å². The molecule has 188 valence electrons. The predicted molar refractivity (Wildman–Crippen MR) is 136 cm³/mol. The summed E-state index contributed by atoms with van der Waals surface area (Å²) in [5, 5.41) is 35.0. The summed E-state index contributed by atoms with van der Waals surface area (Å²) in [6.07, 6.45) is 1.34. The fourth-order valence-corrected chi connectivity index (χ4v) is 3.34. The minimum absolute atomic E-state index is 0.0912. The molecule has 0 bridgehead atoms. The molecule has 0 aliphatic rings. The van der Waals surface area contributed by atoms with Crippen molar-refractivity contribution in [3.05, 3.63) is 96.5 Å². The fraction of sp³-hybridized carbons (Fsp3) is 0.120. The van der Waals surface area contributed by atoms with E-state index in [9.17, 15) is 30.3 Å². The first-order valence-corrected chi connectivity index (χ1v) is 11.1. The van der Waals surface area contributed by atoms with E-state index in [0.29, 0.717) is 16.3 Å². The number of benzene rings is 3. The minimum Gasteiger partial charge on any atom is -0.490 e. The second-order valence-electron chi connectivity index (χ2n) is 7.49. The molecule has 0 saturated carbocycles. The van der Waals surface area contributed by atoms with E-state index in [4.69, 9.17) is 21.1 Å². The third-order valence-corrected chi connectivity index (χ3v) is 5.20. The standard InChI is InChI=1S/C25H19ClN4O7/c1-3-36-24-11-16(10-17(14-27)25(31)28-20-12-18(26)6-4-15(20)2)5-8-23(24)37-22-9-7-19(29(32)33)13-21(22)30(34)35/h4-13H,3H2,1-2H3,(H,28,31)/b17-10+. The zero-order valence-electron chi connectivity index (χ0n) is 19.6. The number of aryl methyl sites for hydroxylation is 1. The number of halogens is 1. The minimum atomic E-state index is -0.792. The Hall–Kier alpha value is -4.95. The number of amides is 1. The number of anilines is 1. The van der Waals surface area contributed by atoms with E-state index in [1.54, 1.807) is 32.0 Å². The summed E-state index contributed by atoms with van der Waals surface area (Å²) in [5.41, 5.74) is 0.392. The van der Waals surface area contributed by atoms with Gasteiger partial charge in [0.1, 0.15) is 11.6 Å². The van der Waals surface area contributed by atoms with Crippen molar-refractivity contribution < 1.29 is 24.1 Å². The second-order valence-corrected chi connectivity index (χ2v) is 7.93. The van der Waals surface area contributed by atoms with Crippen LogP contribution >= 0.6 is 11.6 Å². The van der Waals surface area contributed by atoms with Crippen LogP contribution in [0, 0.1) is 38.5 Å². The Morgan fingerprint density at radius 1 is 1.05 bits per heavy atom. The molecule has 12 heteroatoms. The first-order valence-electron chi connectivity index (χ1n) is 10.7. The van der Waals surface area contributed by atoms with E-state index in [2.05, 4.69) is 5.32 Å². The molecule has 1 amide bonds. The summed E-state index contributed by atoms with van der Waals surface area (Å²) in [6.45, 7) is 3.71. The Morgan fingerprint density at radius 3 is 2.43 bits per heavy atom. The third-order valence-electron chi connectivity index (χ3n) is 4.96. The average molecular weight is 523 g/mol. The zero-order chi connectivity index (χ0) is 27.1. The van der Waals surface area contributed by atoms with E-state index in [0.717, 1.165) is 23.8 Å². The molecule has 0 fully saturated rings. The maximum atomic E-state index is 12.7. The molecule has 0 unspecified atom stereocenters. The Labute approximate surface area is 215 Å². The van der Waals surface area contributed by atoms with Gasteiger partial charge in [0.15, 0.2) is 11.5 Å². The van der Waals surface area contributed by atoms with Gasteiger partial charge in [0.25, 0.3) is 11.6 Å². The Kier molecular flexibility index (Phi) is 8.39. The number of carbonyl (C=O) groups is 1. The Morgan fingerprint density at radius 2 is 1.78 bits per heavy atom. The van der Waals surface area contributed by atoms with E-state index in [1.807, 2.05) is 6.07 Å². The molecule has 0 atom stereocenters. The van der Waals surface area contributed by atoms with Gasteiger partial charge in [-0.3, -0.25) is 25.0 Å². The van der Waals surface area contributed by atoms with Gasteiger partial charge in [0.05, 0.1) is 22.5 Å². The van der Waals surface area contributed by atoms with Gasteiger partial charge in [-0.05, 0) is 61.4 Å². The average Bonchev–Trinajstić information content (AvgIpc) is 2.86. The monoisotopic (exact) mass is 522 g/mol. The van der Waals surface area contributed by atoms with Crippen LogP contribution in [0.15, 0.2) is 60.2 Å². The lowest BCUT2D eigenvalue weighted by Gasteiger charge is -2.13. The molecule has 0 aromatic heterocycles. The maximum absolute atomic E-state index is 12.7. The topological polar surface area (TPSA) is 158 Å². The number of nitrogens with one attached hydrogen (secondary N) is 1. The third kappa shape index (κ3) is 6.59. The van der Waals surface area contributed by atoms with Crippen molar-refractivity contribution >= 4 is 40.6 Å². The number of nitriles is 1. The van der Waals surface area contributed by atoms with Crippen LogP contribution in [-0.2, 0) is 4.79 Å². The molecule has 0 radical (unpaired) electrons. The fourth-order valence-electron chi connectivity index (χ4n) is 3.17. The molecule has 0 heterocycles. The lowest BCUT2D eigenvalue weighted by Crippen LogP contribution is -2.14. The highest BCUT2D eigenvalue weighted by Gasteiger charge is 2.22. The smallest absolute Gasteiger partial charge is 0.318 e. The number of hydrogen-bond acceptors (Lipinski definition) is 8. The molecule has 11 nitrogen and oxygen atoms in total. The number of nitrogens with zero attached hydrogens (tertiary/aromatic N) is 3. The normalized spacial score (nSPS) is 10.8. The zero-order valence-corrected chi connectivity index (χ0v) is 20.3. The predicted octanol–water partition coefficient (Wildman–Crippen LogP) is 6.20. The summed E-state index contributed by atoms with van der Waals surface area (Å²) < 4.78 is 11.2. The van der Waals surface area contributed by atoms with Crippen molar-refractivity contribution in [3.8, 4) is 23.3 Å². The first-order chi connectivity index (χ1) is 17.6. The molecule has 3 aromatic rings. The molecule has 0 spiro atoms. The van der Waals surface area contributed by atoms with Crippen molar-refractivity contribution in [2.45, 2.75) is 13.8 Å². The molecule has 1 N–H and O–H groups in total. The number of nitro groups is 2. The van der Waals surface area contributed by atoms with Crippen molar-refractivity contribution in [1.82, 2.24) is 0 Å². The quantitative estimate of drug-likeness (QED) is 0.150. The number of non-ortho nitro benzene ring substituents is 1. The lowest BCUT2D eigenvalue weighted by molar-refractivity contribution is -0.394. The van der Waals surface area contributed by atoms with Gasteiger partial charge in [-0.1, -0.05) is 23.7 Å². The highest BCUT2D eigenvalue weighted by atomic mass is 35.5. The number of carbonyl (C=O) groups excluding carboxylic acids is 1. The van der Waals surface area contributed by atoms with Gasteiger partial charge in [0, 0.05) is 16.8 Å². The molecule has 3 rings (SSSR count). The van der Waals surface area contributed by atoms with Crippen LogP contribution in [0.25, 0.3) is 6.08 Å². The van der Waals surface area contributed by atoms with Crippen LogP contribution in [0.4, 0.5) is 17.1 Å². The van der Waals surface area contributed by atoms with E-state index < -0.39 is 27.1 Å². The van der Waals surface area contributed by atoms with Crippen molar-refractivity contribution in [1.29, 1.82) is 5.26 Å². The van der Waals surface area contributed by atoms with Gasteiger partial charge in [0.2, 0.25) is 5.75 Å². The van der Waals surface area contributed by atoms with Gasteiger partial charge in [-0.25, -0.2) is 0 Å². The summed E-state index contributed by atoms with van der Waals surface area (Å²) in [4.78, 5) is 33.6. The lowest BCUT2D eigenvalue weighted by atomic mass is 10.1. The Bertz CT molecular complexity index is 1460. The van der Waals surface area contributed by atoms with Gasteiger partial charge < -0.3 is 14.8 Å². The number of nitro benzene ring substituents is 2. The van der Waals surface area contributed by atoms with Crippen LogP contribution in [0.1, 0.15) is 18.1 Å². The Balaban J connectivity index is 1.92. The number of hydrogen-bond donors (Lipinski definition) is 1. The second kappa shape index (κ2) is 11.7. The van der Waals surface area contributed by atoms with Crippen molar-refractivity contribution in [3.63, 3.8) is 0 Å². The van der Waals surface area contributed by atoms with Gasteiger partial charge >= 0.3 is 5.69 Å². The molecule has 0 aliphatic carbocycles. The summed E-state index contributed by atoms with van der Waals surface area (Å²) in [7, 11) is 0. The SMILES string of the molecule is CCOc1cc(/C=C(\C#N)C(=O)Nc2cc(Cl)ccc2C)ccc1Oc1ccc([N+](=O)[O-])cc1[N+](=O)[O-]. The van der Waals surface area contributed by atoms with Crippen molar-refractivity contribution in [2.24, 2.45) is 0 Å². The van der Waals surface area contributed by atoms with Crippen LogP contribution < -0.4 is 14.8 Å². The van der Waals surface area contributed by atoms with Gasteiger partial charge in [-0.15, -0.1) is 0 Å². The highest BCUT2D eigenvalue weighted by molar-refractivity contribution is 6.31. The molecule has 37 heavy (non-hydrogen) atoms. The van der Waals surface area contributed by atoms with Crippen LogP contribution in [-0.4, -0.2) is 22.4 Å². The largest absolute Gasteiger partial charge is 0.490 e. The summed E-state index contributed by atoms with van der Waals surface area (Å²) >= 11 is 5.99. The van der Waals surface area contributed by atoms with Crippen LogP contribution in [0.5, 0.6) is 17.2 Å². The van der Waals surface area contributed by atoms with Crippen LogP contribution in [0.2, 0.25) is 5.02 Å². The molecular formula is C25H19ClN4O7. The molecule has 3 aromatic carbocycles.